The van der Waals surface area contributed by atoms with Crippen molar-refractivity contribution >= 4 is 29.2 Å². The van der Waals surface area contributed by atoms with Gasteiger partial charge in [0, 0.05) is 16.9 Å². The van der Waals surface area contributed by atoms with Gasteiger partial charge in [0.05, 0.1) is 6.54 Å². The van der Waals surface area contributed by atoms with Crippen LogP contribution in [0, 0.1) is 6.92 Å². The Labute approximate surface area is 139 Å². The summed E-state index contributed by atoms with van der Waals surface area (Å²) in [5.41, 5.74) is 7.44. The molecule has 2 rings (SSSR count). The first-order valence-electron chi connectivity index (χ1n) is 7.25. The number of nitrogens with two attached hydrogens (primary N) is 1. The van der Waals surface area contributed by atoms with Crippen LogP contribution in [0.2, 0.25) is 0 Å². The van der Waals surface area contributed by atoms with E-state index in [9.17, 15) is 14.4 Å². The fraction of sp³-hybridized carbons (Fsp3) is 0.118. The number of hydrogen-bond acceptors (Lipinski definition) is 3. The molecule has 7 heteroatoms. The molecule has 0 aliphatic carbocycles. The van der Waals surface area contributed by atoms with E-state index in [2.05, 4.69) is 16.0 Å². The van der Waals surface area contributed by atoms with Crippen LogP contribution >= 0.6 is 0 Å². The molecule has 5 N–H and O–H groups in total. The van der Waals surface area contributed by atoms with Crippen molar-refractivity contribution in [3.63, 3.8) is 0 Å². The molecule has 0 aliphatic heterocycles. The number of aryl methyl sites for hydroxylation is 1. The second-order valence-corrected chi connectivity index (χ2v) is 5.17. The van der Waals surface area contributed by atoms with Gasteiger partial charge in [-0.15, -0.1) is 0 Å². The number of amides is 4. The van der Waals surface area contributed by atoms with Crippen LogP contribution in [0.25, 0.3) is 0 Å². The molecule has 2 aromatic carbocycles. The van der Waals surface area contributed by atoms with Gasteiger partial charge in [-0.05, 0) is 37.3 Å². The van der Waals surface area contributed by atoms with Crippen LogP contribution in [0.4, 0.5) is 16.2 Å². The topological polar surface area (TPSA) is 113 Å². The third kappa shape index (κ3) is 5.13. The van der Waals surface area contributed by atoms with E-state index < -0.39 is 6.03 Å². The van der Waals surface area contributed by atoms with Crippen molar-refractivity contribution in [2.45, 2.75) is 6.92 Å². The van der Waals surface area contributed by atoms with Crippen LogP contribution in [-0.2, 0) is 4.79 Å². The maximum Gasteiger partial charge on any atom is 0.316 e. The molecule has 0 atom stereocenters. The Kier molecular flexibility index (Phi) is 5.51. The number of carbonyl (C=O) groups excluding carboxylic acids is 3. The lowest BCUT2D eigenvalue weighted by molar-refractivity contribution is -0.115. The minimum atomic E-state index is -0.691. The third-order valence-corrected chi connectivity index (χ3v) is 3.10. The molecule has 0 radical (unpaired) electrons. The van der Waals surface area contributed by atoms with Crippen molar-refractivity contribution < 1.29 is 14.4 Å². The fourth-order valence-electron chi connectivity index (χ4n) is 2.07. The van der Waals surface area contributed by atoms with E-state index in [1.807, 2.05) is 13.0 Å². The number of benzene rings is 2. The minimum absolute atomic E-state index is 0.166. The summed E-state index contributed by atoms with van der Waals surface area (Å²) in [6.45, 7) is 1.72. The molecule has 124 valence electrons. The lowest BCUT2D eigenvalue weighted by atomic mass is 10.1. The molecular weight excluding hydrogens is 308 g/mol. The number of nitrogens with one attached hydrogen (secondary N) is 3. The van der Waals surface area contributed by atoms with Crippen LogP contribution < -0.4 is 21.7 Å². The van der Waals surface area contributed by atoms with Gasteiger partial charge in [-0.3, -0.25) is 9.59 Å². The van der Waals surface area contributed by atoms with Gasteiger partial charge in [-0.2, -0.15) is 0 Å². The van der Waals surface area contributed by atoms with Gasteiger partial charge >= 0.3 is 6.03 Å². The zero-order chi connectivity index (χ0) is 17.5. The lowest BCUT2D eigenvalue weighted by Gasteiger charge is -2.09. The van der Waals surface area contributed by atoms with E-state index in [1.165, 1.54) is 0 Å². The molecule has 0 saturated carbocycles. The SMILES string of the molecule is Cc1cccc(C(=O)NCC(=O)Nc2cccc(NC(N)=O)c2)c1. The van der Waals surface area contributed by atoms with Gasteiger partial charge in [0.25, 0.3) is 5.91 Å². The number of rotatable bonds is 5. The Morgan fingerprint density at radius 2 is 1.62 bits per heavy atom. The van der Waals surface area contributed by atoms with Crippen molar-refractivity contribution in [2.24, 2.45) is 5.73 Å². The Balaban J connectivity index is 1.89. The summed E-state index contributed by atoms with van der Waals surface area (Å²) in [5.74, 6) is -0.703. The number of hydrogen-bond donors (Lipinski definition) is 4. The molecule has 0 spiro atoms. The van der Waals surface area contributed by atoms with E-state index in [1.54, 1.807) is 42.5 Å². The molecule has 24 heavy (non-hydrogen) atoms. The Morgan fingerprint density at radius 3 is 2.29 bits per heavy atom. The summed E-state index contributed by atoms with van der Waals surface area (Å²) in [7, 11) is 0. The first kappa shape index (κ1) is 17.0. The molecule has 0 unspecified atom stereocenters. The predicted molar refractivity (Wildman–Crippen MR) is 91.8 cm³/mol. The zero-order valence-corrected chi connectivity index (χ0v) is 13.1. The van der Waals surface area contributed by atoms with Gasteiger partial charge < -0.3 is 21.7 Å². The molecular formula is C17H18N4O3. The Bertz CT molecular complexity index is 774. The van der Waals surface area contributed by atoms with Crippen molar-refractivity contribution in [3.05, 3.63) is 59.7 Å². The minimum Gasteiger partial charge on any atom is -0.351 e. The summed E-state index contributed by atoms with van der Waals surface area (Å²) >= 11 is 0. The second kappa shape index (κ2) is 7.77. The summed E-state index contributed by atoms with van der Waals surface area (Å²) in [6.07, 6.45) is 0. The van der Waals surface area contributed by atoms with Gasteiger partial charge in [0.1, 0.15) is 0 Å². The van der Waals surface area contributed by atoms with Gasteiger partial charge in [-0.25, -0.2) is 4.79 Å². The maximum atomic E-state index is 12.0. The number of carbonyl (C=O) groups is 3. The molecule has 0 heterocycles. The highest BCUT2D eigenvalue weighted by Crippen LogP contribution is 2.14. The maximum absolute atomic E-state index is 12.0. The monoisotopic (exact) mass is 326 g/mol. The molecule has 4 amide bonds. The van der Waals surface area contributed by atoms with Crippen LogP contribution in [-0.4, -0.2) is 24.4 Å². The Hall–Kier alpha value is -3.35. The van der Waals surface area contributed by atoms with Crippen LogP contribution in [0.3, 0.4) is 0 Å². The van der Waals surface area contributed by atoms with Crippen molar-refractivity contribution in [1.82, 2.24) is 5.32 Å². The molecule has 7 nitrogen and oxygen atoms in total. The van der Waals surface area contributed by atoms with E-state index in [4.69, 9.17) is 5.73 Å². The fourth-order valence-corrected chi connectivity index (χ4v) is 2.07. The summed E-state index contributed by atoms with van der Waals surface area (Å²) in [5, 5.41) is 7.59. The highest BCUT2D eigenvalue weighted by atomic mass is 16.2. The highest BCUT2D eigenvalue weighted by molar-refractivity contribution is 5.99. The average Bonchev–Trinajstić information content (AvgIpc) is 2.52. The molecule has 0 aromatic heterocycles. The smallest absolute Gasteiger partial charge is 0.316 e. The van der Waals surface area contributed by atoms with E-state index in [0.717, 1.165) is 5.56 Å². The van der Waals surface area contributed by atoms with Crippen LogP contribution in [0.15, 0.2) is 48.5 Å². The highest BCUT2D eigenvalue weighted by Gasteiger charge is 2.08. The van der Waals surface area contributed by atoms with Crippen molar-refractivity contribution in [1.29, 1.82) is 0 Å². The lowest BCUT2D eigenvalue weighted by Crippen LogP contribution is -2.32. The summed E-state index contributed by atoms with van der Waals surface area (Å²) < 4.78 is 0. The first-order chi connectivity index (χ1) is 11.4. The summed E-state index contributed by atoms with van der Waals surface area (Å²) in [6, 6.07) is 12.9. The number of primary amides is 1. The van der Waals surface area contributed by atoms with Gasteiger partial charge in [0.2, 0.25) is 5.91 Å². The van der Waals surface area contributed by atoms with Gasteiger partial charge in [0.15, 0.2) is 0 Å². The normalized spacial score (nSPS) is 9.88. The average molecular weight is 326 g/mol. The van der Waals surface area contributed by atoms with Crippen molar-refractivity contribution in [3.8, 4) is 0 Å². The molecule has 0 fully saturated rings. The predicted octanol–water partition coefficient (Wildman–Crippen LogP) is 1.85. The molecule has 0 bridgehead atoms. The van der Waals surface area contributed by atoms with Crippen LogP contribution in [0.1, 0.15) is 15.9 Å². The Morgan fingerprint density at radius 1 is 0.958 bits per heavy atom. The standard InChI is InChI=1S/C17H18N4O3/c1-11-4-2-5-12(8-11)16(23)19-10-15(22)20-13-6-3-7-14(9-13)21-17(18)24/h2-9H,10H2,1H3,(H,19,23)(H,20,22)(H3,18,21,24). The summed E-state index contributed by atoms with van der Waals surface area (Å²) in [4.78, 5) is 34.7. The zero-order valence-electron chi connectivity index (χ0n) is 13.1. The molecule has 2 aromatic rings. The van der Waals surface area contributed by atoms with E-state index in [-0.39, 0.29) is 18.4 Å². The third-order valence-electron chi connectivity index (χ3n) is 3.10. The molecule has 0 aliphatic rings. The quantitative estimate of drug-likeness (QED) is 0.672. The number of urea groups is 1. The number of anilines is 2. The van der Waals surface area contributed by atoms with E-state index in [0.29, 0.717) is 16.9 Å². The van der Waals surface area contributed by atoms with Gasteiger partial charge in [-0.1, -0.05) is 23.8 Å². The van der Waals surface area contributed by atoms with Crippen molar-refractivity contribution in [2.75, 3.05) is 17.2 Å². The second-order valence-electron chi connectivity index (χ2n) is 5.17. The van der Waals surface area contributed by atoms with E-state index >= 15 is 0 Å². The van der Waals surface area contributed by atoms with Crippen LogP contribution in [0.5, 0.6) is 0 Å². The molecule has 0 saturated heterocycles. The largest absolute Gasteiger partial charge is 0.351 e. The first-order valence-corrected chi connectivity index (χ1v) is 7.25.